The van der Waals surface area contributed by atoms with Crippen LogP contribution in [-0.2, 0) is 19.4 Å². The van der Waals surface area contributed by atoms with Gasteiger partial charge in [-0.15, -0.1) is 0 Å². The van der Waals surface area contributed by atoms with Crippen molar-refractivity contribution in [1.29, 1.82) is 0 Å². The number of benzene rings is 1. The van der Waals surface area contributed by atoms with Crippen molar-refractivity contribution in [2.75, 3.05) is 0 Å². The van der Waals surface area contributed by atoms with Crippen molar-refractivity contribution >= 4 is 53.6 Å². The van der Waals surface area contributed by atoms with Gasteiger partial charge in [0.1, 0.15) is 0 Å². The number of halogens is 3. The van der Waals surface area contributed by atoms with Crippen LogP contribution >= 0.6 is 47.8 Å². The van der Waals surface area contributed by atoms with E-state index in [-0.39, 0.29) is 5.78 Å². The molecular formula is C15H15Br3N2O. The second-order valence-corrected chi connectivity index (χ2v) is 7.16. The average Bonchev–Trinajstić information content (AvgIpc) is 2.75. The summed E-state index contributed by atoms with van der Waals surface area (Å²) < 4.78 is 4.59. The second kappa shape index (κ2) is 7.20. The third-order valence-corrected chi connectivity index (χ3v) is 5.32. The van der Waals surface area contributed by atoms with E-state index in [9.17, 15) is 4.79 Å². The molecule has 0 saturated carbocycles. The van der Waals surface area contributed by atoms with Gasteiger partial charge in [0.15, 0.2) is 5.78 Å². The molecule has 0 saturated heterocycles. The first kappa shape index (κ1) is 16.9. The highest BCUT2D eigenvalue weighted by Crippen LogP contribution is 2.27. The number of carbonyl (C=O) groups excluding carboxylic acids is 1. The van der Waals surface area contributed by atoms with Crippen molar-refractivity contribution in [3.63, 3.8) is 0 Å². The lowest BCUT2D eigenvalue weighted by Gasteiger charge is -2.07. The van der Waals surface area contributed by atoms with Crippen molar-refractivity contribution in [3.05, 3.63) is 48.6 Å². The summed E-state index contributed by atoms with van der Waals surface area (Å²) >= 11 is 10.4. The highest BCUT2D eigenvalue weighted by atomic mass is 79.9. The number of aryl methyl sites for hydroxylation is 2. The van der Waals surface area contributed by atoms with Gasteiger partial charge in [0.05, 0.1) is 22.3 Å². The van der Waals surface area contributed by atoms with Gasteiger partial charge in [-0.05, 0) is 47.5 Å². The van der Waals surface area contributed by atoms with Crippen LogP contribution in [0.2, 0.25) is 0 Å². The Hall–Kier alpha value is -0.460. The zero-order chi connectivity index (χ0) is 15.6. The Morgan fingerprint density at radius 2 is 1.95 bits per heavy atom. The van der Waals surface area contributed by atoms with Crippen molar-refractivity contribution in [2.45, 2.75) is 33.2 Å². The summed E-state index contributed by atoms with van der Waals surface area (Å²) in [5, 5.41) is 4.53. The Kier molecular flexibility index (Phi) is 5.80. The number of rotatable bonds is 5. The molecule has 112 valence electrons. The van der Waals surface area contributed by atoms with Crippen LogP contribution in [-0.4, -0.2) is 15.6 Å². The standard InChI is InChI=1S/C15H15Br3N2O/c1-3-12-15(18)13(20(4-2)19-12)8-14(21)10-6-5-9(16)7-11(10)17/h5-7H,3-4,8H2,1-2H3. The fraction of sp³-hybridized carbons (Fsp3) is 0.333. The number of ketones is 1. The molecule has 2 rings (SSSR count). The number of hydrogen-bond donors (Lipinski definition) is 0. The molecule has 21 heavy (non-hydrogen) atoms. The molecule has 0 fully saturated rings. The molecule has 2 aromatic rings. The topological polar surface area (TPSA) is 34.9 Å². The van der Waals surface area contributed by atoms with E-state index in [0.717, 1.165) is 37.8 Å². The Morgan fingerprint density at radius 1 is 1.24 bits per heavy atom. The second-order valence-electron chi connectivity index (χ2n) is 4.60. The van der Waals surface area contributed by atoms with Gasteiger partial charge in [0.25, 0.3) is 0 Å². The van der Waals surface area contributed by atoms with E-state index >= 15 is 0 Å². The lowest BCUT2D eigenvalue weighted by atomic mass is 10.1. The first-order valence-corrected chi connectivity index (χ1v) is 9.08. The fourth-order valence-corrected chi connectivity index (χ4v) is 4.12. The molecular weight excluding hydrogens is 464 g/mol. The van der Waals surface area contributed by atoms with Gasteiger partial charge < -0.3 is 0 Å². The minimum Gasteiger partial charge on any atom is -0.294 e. The number of carbonyl (C=O) groups is 1. The number of aromatic nitrogens is 2. The monoisotopic (exact) mass is 476 g/mol. The van der Waals surface area contributed by atoms with Gasteiger partial charge in [-0.25, -0.2) is 0 Å². The first-order chi connectivity index (χ1) is 9.97. The Balaban J connectivity index is 2.33. The maximum absolute atomic E-state index is 12.6. The van der Waals surface area contributed by atoms with E-state index < -0.39 is 0 Å². The largest absolute Gasteiger partial charge is 0.294 e. The normalized spacial score (nSPS) is 10.9. The lowest BCUT2D eigenvalue weighted by Crippen LogP contribution is -2.10. The Labute approximate surface area is 149 Å². The van der Waals surface area contributed by atoms with E-state index in [1.165, 1.54) is 0 Å². The lowest BCUT2D eigenvalue weighted by molar-refractivity contribution is 0.0989. The molecule has 0 N–H and O–H groups in total. The molecule has 1 aromatic heterocycles. The van der Waals surface area contributed by atoms with Crippen LogP contribution in [0.1, 0.15) is 35.6 Å². The van der Waals surface area contributed by atoms with Crippen LogP contribution in [0.4, 0.5) is 0 Å². The quantitative estimate of drug-likeness (QED) is 0.555. The molecule has 1 aromatic carbocycles. The first-order valence-electron chi connectivity index (χ1n) is 6.70. The zero-order valence-corrected chi connectivity index (χ0v) is 16.5. The van der Waals surface area contributed by atoms with Gasteiger partial charge in [0.2, 0.25) is 0 Å². The zero-order valence-electron chi connectivity index (χ0n) is 11.8. The maximum Gasteiger partial charge on any atom is 0.169 e. The molecule has 0 bridgehead atoms. The van der Waals surface area contributed by atoms with Crippen LogP contribution in [0, 0.1) is 0 Å². The van der Waals surface area contributed by atoms with Gasteiger partial charge in [0, 0.05) is 21.1 Å². The molecule has 0 aliphatic carbocycles. The summed E-state index contributed by atoms with van der Waals surface area (Å²) in [4.78, 5) is 12.6. The number of nitrogens with zero attached hydrogens (tertiary/aromatic N) is 2. The molecule has 0 atom stereocenters. The fourth-order valence-electron chi connectivity index (χ4n) is 2.15. The molecule has 3 nitrogen and oxygen atoms in total. The highest BCUT2D eigenvalue weighted by Gasteiger charge is 2.19. The molecule has 0 amide bonds. The Bertz CT molecular complexity index is 680. The summed E-state index contributed by atoms with van der Waals surface area (Å²) in [7, 11) is 0. The third-order valence-electron chi connectivity index (χ3n) is 3.25. The summed E-state index contributed by atoms with van der Waals surface area (Å²) in [6.07, 6.45) is 1.18. The van der Waals surface area contributed by atoms with Crippen LogP contribution in [0.25, 0.3) is 0 Å². The van der Waals surface area contributed by atoms with E-state index in [1.807, 2.05) is 29.8 Å². The Morgan fingerprint density at radius 3 is 2.52 bits per heavy atom. The van der Waals surface area contributed by atoms with E-state index in [4.69, 9.17) is 0 Å². The summed E-state index contributed by atoms with van der Waals surface area (Å²) in [6, 6.07) is 5.59. The predicted octanol–water partition coefficient (Wildman–Crippen LogP) is 5.18. The van der Waals surface area contributed by atoms with Crippen molar-refractivity contribution in [2.24, 2.45) is 0 Å². The minimum absolute atomic E-state index is 0.0762. The van der Waals surface area contributed by atoms with Gasteiger partial charge in [-0.1, -0.05) is 38.8 Å². The van der Waals surface area contributed by atoms with E-state index in [0.29, 0.717) is 12.0 Å². The molecule has 0 aliphatic rings. The van der Waals surface area contributed by atoms with Crippen LogP contribution < -0.4 is 0 Å². The molecule has 0 spiro atoms. The third kappa shape index (κ3) is 3.66. The maximum atomic E-state index is 12.6. The molecule has 0 aliphatic heterocycles. The molecule has 6 heteroatoms. The summed E-state index contributed by atoms with van der Waals surface area (Å²) in [6.45, 7) is 4.84. The summed E-state index contributed by atoms with van der Waals surface area (Å²) in [5.41, 5.74) is 2.62. The van der Waals surface area contributed by atoms with E-state index in [2.05, 4.69) is 59.8 Å². The highest BCUT2D eigenvalue weighted by molar-refractivity contribution is 9.11. The van der Waals surface area contributed by atoms with Crippen molar-refractivity contribution in [3.8, 4) is 0 Å². The summed E-state index contributed by atoms with van der Waals surface area (Å²) in [5.74, 6) is 0.0762. The van der Waals surface area contributed by atoms with Crippen LogP contribution in [0.15, 0.2) is 31.6 Å². The van der Waals surface area contributed by atoms with Crippen molar-refractivity contribution in [1.82, 2.24) is 9.78 Å². The van der Waals surface area contributed by atoms with Gasteiger partial charge in [-0.2, -0.15) is 5.10 Å². The van der Waals surface area contributed by atoms with E-state index in [1.54, 1.807) is 0 Å². The smallest absolute Gasteiger partial charge is 0.169 e. The SMILES string of the molecule is CCc1nn(CC)c(CC(=O)c2ccc(Br)cc2Br)c1Br. The minimum atomic E-state index is 0.0762. The molecule has 0 unspecified atom stereocenters. The average molecular weight is 479 g/mol. The molecule has 1 heterocycles. The van der Waals surface area contributed by atoms with Crippen LogP contribution in [0.3, 0.4) is 0 Å². The van der Waals surface area contributed by atoms with Gasteiger partial charge >= 0.3 is 0 Å². The van der Waals surface area contributed by atoms with Gasteiger partial charge in [-0.3, -0.25) is 9.48 Å². The van der Waals surface area contributed by atoms with Crippen molar-refractivity contribution < 1.29 is 4.79 Å². The predicted molar refractivity (Wildman–Crippen MR) is 94.9 cm³/mol. The number of Topliss-reactive ketones (excluding diaryl/α,β-unsaturated/α-hetero) is 1. The number of hydrogen-bond acceptors (Lipinski definition) is 2. The van der Waals surface area contributed by atoms with Crippen LogP contribution in [0.5, 0.6) is 0 Å². The molecule has 0 radical (unpaired) electrons.